The van der Waals surface area contributed by atoms with Crippen molar-refractivity contribution in [1.82, 2.24) is 24.6 Å². The van der Waals surface area contributed by atoms with Crippen LogP contribution in [0.5, 0.6) is 0 Å². The van der Waals surface area contributed by atoms with Crippen LogP contribution in [-0.4, -0.2) is 49.7 Å². The summed E-state index contributed by atoms with van der Waals surface area (Å²) in [5, 5.41) is 7.78. The van der Waals surface area contributed by atoms with Crippen LogP contribution in [0, 0.1) is 12.3 Å². The van der Waals surface area contributed by atoms with E-state index in [9.17, 15) is 4.79 Å². The van der Waals surface area contributed by atoms with Gasteiger partial charge in [0, 0.05) is 43.4 Å². The molecule has 0 aliphatic carbocycles. The summed E-state index contributed by atoms with van der Waals surface area (Å²) >= 11 is 0. The van der Waals surface area contributed by atoms with Crippen molar-refractivity contribution in [2.24, 2.45) is 12.5 Å². The third kappa shape index (κ3) is 3.96. The second kappa shape index (κ2) is 7.29. The Labute approximate surface area is 161 Å². The van der Waals surface area contributed by atoms with Crippen molar-refractivity contribution in [2.45, 2.75) is 53.0 Å². The normalized spacial score (nSPS) is 19.4. The summed E-state index contributed by atoms with van der Waals surface area (Å²) in [7, 11) is 1.82. The molecule has 7 heteroatoms. The van der Waals surface area contributed by atoms with E-state index in [4.69, 9.17) is 0 Å². The smallest absolute Gasteiger partial charge is 0.272 e. The van der Waals surface area contributed by atoms with Crippen LogP contribution in [0.2, 0.25) is 0 Å². The Balaban J connectivity index is 1.72. The molecule has 146 valence electrons. The van der Waals surface area contributed by atoms with Gasteiger partial charge in [-0.2, -0.15) is 5.10 Å². The van der Waals surface area contributed by atoms with Gasteiger partial charge in [0.2, 0.25) is 0 Å². The Morgan fingerprint density at radius 3 is 2.67 bits per heavy atom. The quantitative estimate of drug-likeness (QED) is 0.895. The first-order valence-electron chi connectivity index (χ1n) is 9.55. The second-order valence-corrected chi connectivity index (χ2v) is 8.48. The van der Waals surface area contributed by atoms with Gasteiger partial charge in [0.1, 0.15) is 17.8 Å². The maximum Gasteiger partial charge on any atom is 0.272 e. The van der Waals surface area contributed by atoms with Crippen LogP contribution in [0.15, 0.2) is 18.6 Å². The first-order chi connectivity index (χ1) is 12.7. The Kier molecular flexibility index (Phi) is 5.22. The molecular weight excluding hydrogens is 340 g/mol. The molecule has 1 saturated heterocycles. The van der Waals surface area contributed by atoms with Gasteiger partial charge >= 0.3 is 0 Å². The van der Waals surface area contributed by atoms with Crippen molar-refractivity contribution in [1.29, 1.82) is 0 Å². The number of nitrogens with one attached hydrogen (secondary N) is 1. The molecule has 3 heterocycles. The zero-order chi connectivity index (χ0) is 19.8. The monoisotopic (exact) mass is 370 g/mol. The first kappa shape index (κ1) is 19.3. The highest BCUT2D eigenvalue weighted by Gasteiger charge is 2.38. The summed E-state index contributed by atoms with van der Waals surface area (Å²) in [6, 6.07) is 2.26. The average Bonchev–Trinajstić information content (AvgIpc) is 2.94. The molecule has 0 radical (unpaired) electrons. The number of rotatable bonds is 4. The topological polar surface area (TPSA) is 75.9 Å². The molecule has 7 nitrogen and oxygen atoms in total. The number of anilines is 1. The molecule has 1 amide bonds. The van der Waals surface area contributed by atoms with Crippen molar-refractivity contribution in [2.75, 3.05) is 18.4 Å². The van der Waals surface area contributed by atoms with Gasteiger partial charge in [0.25, 0.3) is 5.91 Å². The Morgan fingerprint density at radius 1 is 1.33 bits per heavy atom. The summed E-state index contributed by atoms with van der Waals surface area (Å²) in [4.78, 5) is 23.7. The zero-order valence-electron chi connectivity index (χ0n) is 17.2. The summed E-state index contributed by atoms with van der Waals surface area (Å²) in [6.07, 6.45) is 4.24. The molecule has 1 aliphatic rings. The van der Waals surface area contributed by atoms with E-state index in [1.54, 1.807) is 17.2 Å². The minimum absolute atomic E-state index is 0.0585. The number of likely N-dealkylation sites (tertiary alicyclic amines) is 1. The number of aryl methyl sites for hydroxylation is 2. The van der Waals surface area contributed by atoms with E-state index in [0.29, 0.717) is 24.7 Å². The molecule has 27 heavy (non-hydrogen) atoms. The van der Waals surface area contributed by atoms with Crippen LogP contribution >= 0.6 is 0 Å². The number of carbonyl (C=O) groups is 1. The predicted molar refractivity (Wildman–Crippen MR) is 106 cm³/mol. The van der Waals surface area contributed by atoms with Crippen LogP contribution in [0.25, 0.3) is 0 Å². The molecular formula is C20H30N6O. The molecule has 1 aliphatic heterocycles. The fourth-order valence-corrected chi connectivity index (χ4v) is 3.75. The molecule has 0 aromatic carbocycles. The molecule has 0 saturated carbocycles. The number of hydrogen-bond acceptors (Lipinski definition) is 5. The predicted octanol–water partition coefficient (Wildman–Crippen LogP) is 2.99. The van der Waals surface area contributed by atoms with E-state index in [1.807, 2.05) is 24.9 Å². The highest BCUT2D eigenvalue weighted by Crippen LogP contribution is 2.32. The third-order valence-corrected chi connectivity index (χ3v) is 5.44. The van der Waals surface area contributed by atoms with E-state index >= 15 is 0 Å². The summed E-state index contributed by atoms with van der Waals surface area (Å²) in [5.74, 6) is 1.28. The molecule has 1 fully saturated rings. The molecule has 1 unspecified atom stereocenters. The SMILES string of the molecule is Cc1cnn(C)c1C(=O)N1CCC(Nc2cc(C(C)C)ncn2)C(C)(C)C1. The zero-order valence-corrected chi connectivity index (χ0v) is 17.2. The molecule has 1 atom stereocenters. The molecule has 0 spiro atoms. The van der Waals surface area contributed by atoms with Crippen LogP contribution in [-0.2, 0) is 7.05 Å². The van der Waals surface area contributed by atoms with Gasteiger partial charge in [0.05, 0.1) is 6.20 Å². The van der Waals surface area contributed by atoms with Crippen molar-refractivity contribution < 1.29 is 4.79 Å². The van der Waals surface area contributed by atoms with Gasteiger partial charge in [-0.1, -0.05) is 27.7 Å². The van der Waals surface area contributed by atoms with Gasteiger partial charge < -0.3 is 10.2 Å². The number of aromatic nitrogens is 4. The van der Waals surface area contributed by atoms with E-state index in [2.05, 4.69) is 48.1 Å². The maximum absolute atomic E-state index is 13.0. The van der Waals surface area contributed by atoms with Crippen LogP contribution in [0.4, 0.5) is 5.82 Å². The standard InChI is InChI=1S/C20H30N6O/c1-13(2)15-9-17(22-12-21-15)24-16-7-8-26(11-20(16,4)5)19(27)18-14(3)10-23-25(18)6/h9-10,12-13,16H,7-8,11H2,1-6H3,(H,21,22,24). The second-order valence-electron chi connectivity index (χ2n) is 8.48. The van der Waals surface area contributed by atoms with Crippen LogP contribution < -0.4 is 5.32 Å². The van der Waals surface area contributed by atoms with E-state index < -0.39 is 0 Å². The number of nitrogens with zero attached hydrogens (tertiary/aromatic N) is 5. The Hall–Kier alpha value is -2.44. The number of hydrogen-bond donors (Lipinski definition) is 1. The van der Waals surface area contributed by atoms with Crippen molar-refractivity contribution in [3.63, 3.8) is 0 Å². The van der Waals surface area contributed by atoms with Gasteiger partial charge in [-0.15, -0.1) is 0 Å². The highest BCUT2D eigenvalue weighted by atomic mass is 16.2. The summed E-state index contributed by atoms with van der Waals surface area (Å²) in [5.41, 5.74) is 2.55. The van der Waals surface area contributed by atoms with Crippen molar-refractivity contribution in [3.8, 4) is 0 Å². The van der Waals surface area contributed by atoms with E-state index in [0.717, 1.165) is 23.5 Å². The summed E-state index contributed by atoms with van der Waals surface area (Å²) < 4.78 is 1.67. The average molecular weight is 371 g/mol. The van der Waals surface area contributed by atoms with Gasteiger partial charge in [-0.05, 0) is 24.8 Å². The Bertz CT molecular complexity index is 806. The Morgan fingerprint density at radius 2 is 2.07 bits per heavy atom. The fourth-order valence-electron chi connectivity index (χ4n) is 3.75. The first-order valence-corrected chi connectivity index (χ1v) is 9.55. The molecule has 3 rings (SSSR count). The maximum atomic E-state index is 13.0. The van der Waals surface area contributed by atoms with Crippen LogP contribution in [0.1, 0.15) is 61.8 Å². The lowest BCUT2D eigenvalue weighted by Gasteiger charge is -2.44. The molecule has 1 N–H and O–H groups in total. The minimum Gasteiger partial charge on any atom is -0.367 e. The number of piperidine rings is 1. The van der Waals surface area contributed by atoms with Crippen molar-refractivity contribution in [3.05, 3.63) is 35.5 Å². The summed E-state index contributed by atoms with van der Waals surface area (Å²) in [6.45, 7) is 12.0. The van der Waals surface area contributed by atoms with E-state index in [-0.39, 0.29) is 17.4 Å². The highest BCUT2D eigenvalue weighted by molar-refractivity contribution is 5.94. The number of carbonyl (C=O) groups excluding carboxylic acids is 1. The minimum atomic E-state index is -0.0800. The lowest BCUT2D eigenvalue weighted by molar-refractivity contribution is 0.0542. The largest absolute Gasteiger partial charge is 0.367 e. The molecule has 2 aromatic heterocycles. The molecule has 2 aromatic rings. The van der Waals surface area contributed by atoms with Gasteiger partial charge in [-0.25, -0.2) is 9.97 Å². The molecule has 0 bridgehead atoms. The third-order valence-electron chi connectivity index (χ3n) is 5.44. The van der Waals surface area contributed by atoms with Gasteiger partial charge in [-0.3, -0.25) is 9.48 Å². The van der Waals surface area contributed by atoms with Crippen LogP contribution in [0.3, 0.4) is 0 Å². The van der Waals surface area contributed by atoms with Gasteiger partial charge in [0.15, 0.2) is 0 Å². The van der Waals surface area contributed by atoms with Crippen molar-refractivity contribution >= 4 is 11.7 Å². The number of amides is 1. The van der Waals surface area contributed by atoms with E-state index in [1.165, 1.54) is 0 Å². The lowest BCUT2D eigenvalue weighted by atomic mass is 9.79. The fraction of sp³-hybridized carbons (Fsp3) is 0.600. The lowest BCUT2D eigenvalue weighted by Crippen LogP contribution is -2.53.